The standard InChI is InChI=1S/C12H13ClN4O4/c1-2-21-15-5-6-16(9(7-15)8-18)12-10(17(19)20)3-4-11(13)14-12/h3-4H,2,5-7H2,1H3. The third-order valence-electron chi connectivity index (χ3n) is 2.93. The van der Waals surface area contributed by atoms with Crippen LogP contribution in [0.25, 0.3) is 0 Å². The van der Waals surface area contributed by atoms with E-state index >= 15 is 0 Å². The minimum absolute atomic E-state index is 0.0435. The molecule has 0 spiro atoms. The van der Waals surface area contributed by atoms with Crippen LogP contribution in [0.3, 0.4) is 0 Å². The summed E-state index contributed by atoms with van der Waals surface area (Å²) >= 11 is 5.81. The number of anilines is 1. The van der Waals surface area contributed by atoms with Gasteiger partial charge < -0.3 is 4.90 Å². The van der Waals surface area contributed by atoms with Crippen LogP contribution in [-0.4, -0.2) is 47.2 Å². The predicted octanol–water partition coefficient (Wildman–Crippen LogP) is 1.43. The maximum atomic E-state index is 11.1. The molecule has 112 valence electrons. The Morgan fingerprint density at radius 2 is 2.29 bits per heavy atom. The monoisotopic (exact) mass is 312 g/mol. The van der Waals surface area contributed by atoms with Gasteiger partial charge in [-0.15, -0.1) is 0 Å². The second-order valence-corrected chi connectivity index (χ2v) is 4.60. The van der Waals surface area contributed by atoms with Crippen molar-refractivity contribution in [3.63, 3.8) is 0 Å². The van der Waals surface area contributed by atoms with Crippen LogP contribution in [0, 0.1) is 10.1 Å². The van der Waals surface area contributed by atoms with Crippen molar-refractivity contribution in [2.75, 3.05) is 31.1 Å². The summed E-state index contributed by atoms with van der Waals surface area (Å²) in [5, 5.41) is 12.8. The topological polar surface area (TPSA) is 88.8 Å². The zero-order chi connectivity index (χ0) is 15.4. The summed E-state index contributed by atoms with van der Waals surface area (Å²) < 4.78 is 0. The van der Waals surface area contributed by atoms with Crippen LogP contribution in [-0.2, 0) is 9.63 Å². The van der Waals surface area contributed by atoms with Gasteiger partial charge in [0.2, 0.25) is 5.82 Å². The Kier molecular flexibility index (Phi) is 4.87. The first-order valence-corrected chi connectivity index (χ1v) is 6.65. The molecule has 0 unspecified atom stereocenters. The number of halogens is 1. The molecule has 1 fully saturated rings. The number of nitrogens with zero attached hydrogens (tertiary/aromatic N) is 4. The predicted molar refractivity (Wildman–Crippen MR) is 75.7 cm³/mol. The van der Waals surface area contributed by atoms with Gasteiger partial charge in [-0.3, -0.25) is 15.0 Å². The Hall–Kier alpha value is -1.99. The van der Waals surface area contributed by atoms with E-state index in [0.717, 1.165) is 0 Å². The quantitative estimate of drug-likeness (QED) is 0.359. The molecule has 2 heterocycles. The van der Waals surface area contributed by atoms with Gasteiger partial charge >= 0.3 is 5.69 Å². The number of rotatable bonds is 4. The normalized spacial score (nSPS) is 15.9. The Labute approximate surface area is 125 Å². The SMILES string of the molecule is CCON1CCN(c2nc(Cl)ccc2[N+](=O)[O-])C(=C=O)C1. The van der Waals surface area contributed by atoms with Crippen molar-refractivity contribution >= 4 is 29.0 Å². The lowest BCUT2D eigenvalue weighted by molar-refractivity contribution is -0.384. The molecular formula is C12H13ClN4O4. The zero-order valence-corrected chi connectivity index (χ0v) is 12.0. The second kappa shape index (κ2) is 6.64. The molecule has 1 saturated heterocycles. The molecule has 0 atom stereocenters. The highest BCUT2D eigenvalue weighted by atomic mass is 35.5. The Morgan fingerprint density at radius 1 is 1.52 bits per heavy atom. The lowest BCUT2D eigenvalue weighted by Gasteiger charge is -2.34. The van der Waals surface area contributed by atoms with Crippen LogP contribution < -0.4 is 4.90 Å². The summed E-state index contributed by atoms with van der Waals surface area (Å²) in [4.78, 5) is 32.4. The molecule has 1 aromatic rings. The number of piperazine rings is 1. The van der Waals surface area contributed by atoms with Gasteiger partial charge in [0, 0.05) is 19.2 Å². The van der Waals surface area contributed by atoms with Crippen molar-refractivity contribution < 1.29 is 14.6 Å². The van der Waals surface area contributed by atoms with Crippen LogP contribution in [0.1, 0.15) is 6.92 Å². The number of hydrogen-bond acceptors (Lipinski definition) is 7. The molecule has 1 aliphatic rings. The van der Waals surface area contributed by atoms with E-state index in [4.69, 9.17) is 16.4 Å². The largest absolute Gasteiger partial charge is 0.312 e. The Morgan fingerprint density at radius 3 is 2.90 bits per heavy atom. The first-order valence-electron chi connectivity index (χ1n) is 6.27. The highest BCUT2D eigenvalue weighted by molar-refractivity contribution is 6.29. The van der Waals surface area contributed by atoms with E-state index in [-0.39, 0.29) is 28.9 Å². The number of nitro groups is 1. The molecule has 8 nitrogen and oxygen atoms in total. The highest BCUT2D eigenvalue weighted by Gasteiger charge is 2.30. The van der Waals surface area contributed by atoms with Gasteiger partial charge in [-0.2, -0.15) is 5.06 Å². The van der Waals surface area contributed by atoms with Crippen molar-refractivity contribution in [1.29, 1.82) is 0 Å². The smallest absolute Gasteiger partial charge is 0.312 e. The molecule has 0 radical (unpaired) electrons. The van der Waals surface area contributed by atoms with Crippen molar-refractivity contribution in [2.24, 2.45) is 0 Å². The van der Waals surface area contributed by atoms with Crippen LogP contribution >= 0.6 is 11.6 Å². The van der Waals surface area contributed by atoms with Crippen LogP contribution in [0.15, 0.2) is 17.8 Å². The Balaban J connectivity index is 2.36. The highest BCUT2D eigenvalue weighted by Crippen LogP contribution is 2.30. The van der Waals surface area contributed by atoms with E-state index in [9.17, 15) is 14.9 Å². The van der Waals surface area contributed by atoms with E-state index in [1.807, 2.05) is 6.92 Å². The van der Waals surface area contributed by atoms with Crippen molar-refractivity contribution in [3.8, 4) is 0 Å². The number of pyridine rings is 1. The second-order valence-electron chi connectivity index (χ2n) is 4.22. The fraction of sp³-hybridized carbons (Fsp3) is 0.417. The van der Waals surface area contributed by atoms with E-state index in [1.165, 1.54) is 17.0 Å². The van der Waals surface area contributed by atoms with E-state index < -0.39 is 4.92 Å². The van der Waals surface area contributed by atoms with Gasteiger partial charge in [0.1, 0.15) is 16.8 Å². The van der Waals surface area contributed by atoms with Gasteiger partial charge in [0.15, 0.2) is 0 Å². The summed E-state index contributed by atoms with van der Waals surface area (Å²) in [6.45, 7) is 3.29. The lowest BCUT2D eigenvalue weighted by atomic mass is 10.2. The van der Waals surface area contributed by atoms with Gasteiger partial charge in [0.05, 0.1) is 18.1 Å². The average molecular weight is 313 g/mol. The minimum atomic E-state index is -0.560. The molecule has 0 aliphatic carbocycles. The first-order chi connectivity index (χ1) is 10.1. The molecule has 9 heteroatoms. The maximum Gasteiger partial charge on any atom is 0.312 e. The summed E-state index contributed by atoms with van der Waals surface area (Å²) in [5.74, 6) is 1.84. The zero-order valence-electron chi connectivity index (χ0n) is 11.3. The average Bonchev–Trinajstić information content (AvgIpc) is 2.47. The number of hydrogen-bond donors (Lipinski definition) is 0. The van der Waals surface area contributed by atoms with Gasteiger partial charge in [-0.25, -0.2) is 9.78 Å². The van der Waals surface area contributed by atoms with Crippen LogP contribution in [0.2, 0.25) is 5.15 Å². The molecule has 21 heavy (non-hydrogen) atoms. The third kappa shape index (κ3) is 3.37. The van der Waals surface area contributed by atoms with E-state index in [0.29, 0.717) is 19.7 Å². The summed E-state index contributed by atoms with van der Waals surface area (Å²) in [5.41, 5.74) is 0.00424. The molecule has 1 aromatic heterocycles. The molecule has 0 aromatic carbocycles. The summed E-state index contributed by atoms with van der Waals surface area (Å²) in [6.07, 6.45) is 0. The van der Waals surface area contributed by atoms with Crippen molar-refractivity contribution in [1.82, 2.24) is 10.0 Å². The lowest BCUT2D eigenvalue weighted by Crippen LogP contribution is -2.45. The van der Waals surface area contributed by atoms with E-state index in [1.54, 1.807) is 11.0 Å². The molecule has 0 amide bonds. The fourth-order valence-electron chi connectivity index (χ4n) is 2.05. The first kappa shape index (κ1) is 15.4. The molecule has 0 N–H and O–H groups in total. The number of carbonyl (C=O) groups excluding carboxylic acids is 1. The molecule has 2 rings (SSSR count). The van der Waals surface area contributed by atoms with Crippen molar-refractivity contribution in [2.45, 2.75) is 6.92 Å². The van der Waals surface area contributed by atoms with Crippen LogP contribution in [0.4, 0.5) is 11.5 Å². The maximum absolute atomic E-state index is 11.1. The Bertz CT molecular complexity index is 603. The minimum Gasteiger partial charge on any atom is -0.312 e. The fourth-order valence-corrected chi connectivity index (χ4v) is 2.19. The molecular weight excluding hydrogens is 300 g/mol. The summed E-state index contributed by atoms with van der Waals surface area (Å²) in [6, 6.07) is 2.60. The summed E-state index contributed by atoms with van der Waals surface area (Å²) in [7, 11) is 0. The van der Waals surface area contributed by atoms with Crippen molar-refractivity contribution in [3.05, 3.63) is 33.1 Å². The molecule has 0 bridgehead atoms. The molecule has 1 aliphatic heterocycles. The molecule has 0 saturated carbocycles. The van der Waals surface area contributed by atoms with Gasteiger partial charge in [-0.1, -0.05) is 11.6 Å². The third-order valence-corrected chi connectivity index (χ3v) is 3.14. The number of hydroxylamine groups is 2. The van der Waals surface area contributed by atoms with E-state index in [2.05, 4.69) is 4.98 Å². The van der Waals surface area contributed by atoms with Gasteiger partial charge in [0.25, 0.3) is 0 Å². The number of aromatic nitrogens is 1. The van der Waals surface area contributed by atoms with Crippen LogP contribution in [0.5, 0.6) is 0 Å². The van der Waals surface area contributed by atoms with Gasteiger partial charge in [-0.05, 0) is 13.0 Å².